The normalized spacial score (nSPS) is 13.2. The zero-order chi connectivity index (χ0) is 16.8. The molecule has 2 aromatic rings. The molecule has 0 saturated carbocycles. The monoisotopic (exact) mass is 359 g/mol. The van der Waals surface area contributed by atoms with Gasteiger partial charge in [-0.05, 0) is 54.8 Å². The summed E-state index contributed by atoms with van der Waals surface area (Å²) < 4.78 is 10.9. The van der Waals surface area contributed by atoms with Gasteiger partial charge in [0.1, 0.15) is 11.5 Å². The molecule has 25 heavy (non-hydrogen) atoms. The Morgan fingerprint density at radius 2 is 1.96 bits per heavy atom. The van der Waals surface area contributed by atoms with E-state index in [-0.39, 0.29) is 12.4 Å². The summed E-state index contributed by atoms with van der Waals surface area (Å²) in [6.45, 7) is 2.67. The number of nitrogens with zero attached hydrogens (tertiary/aromatic N) is 1. The van der Waals surface area contributed by atoms with E-state index in [1.54, 1.807) is 7.11 Å². The fourth-order valence-electron chi connectivity index (χ4n) is 2.94. The number of rotatable bonds is 6. The zero-order valence-electron chi connectivity index (χ0n) is 14.9. The average molecular weight is 360 g/mol. The van der Waals surface area contributed by atoms with E-state index < -0.39 is 0 Å². The van der Waals surface area contributed by atoms with Crippen LogP contribution in [-0.2, 0) is 13.0 Å². The van der Waals surface area contributed by atoms with Crippen LogP contribution in [0.3, 0.4) is 0 Å². The Labute approximate surface area is 156 Å². The molecule has 0 bridgehead atoms. The lowest BCUT2D eigenvalue weighted by atomic mass is 10.0. The highest BCUT2D eigenvalue weighted by Crippen LogP contribution is 2.26. The molecular formula is C21H26ClNO2. The molecule has 0 amide bonds. The van der Waals surface area contributed by atoms with Gasteiger partial charge in [0, 0.05) is 13.1 Å². The molecule has 0 atom stereocenters. The van der Waals surface area contributed by atoms with Gasteiger partial charge in [0.25, 0.3) is 0 Å². The molecule has 0 saturated heterocycles. The van der Waals surface area contributed by atoms with Crippen molar-refractivity contribution in [2.75, 3.05) is 27.3 Å². The van der Waals surface area contributed by atoms with Gasteiger partial charge in [0.15, 0.2) is 0 Å². The zero-order valence-corrected chi connectivity index (χ0v) is 15.7. The van der Waals surface area contributed by atoms with E-state index in [9.17, 15) is 0 Å². The van der Waals surface area contributed by atoms with Crippen molar-refractivity contribution < 1.29 is 9.47 Å². The number of ether oxygens (including phenoxy) is 2. The smallest absolute Gasteiger partial charge is 0.122 e. The maximum absolute atomic E-state index is 5.76. The Morgan fingerprint density at radius 1 is 1.16 bits per heavy atom. The molecule has 4 heteroatoms. The van der Waals surface area contributed by atoms with Crippen molar-refractivity contribution in [1.29, 1.82) is 0 Å². The van der Waals surface area contributed by atoms with Crippen molar-refractivity contribution >= 4 is 18.5 Å². The van der Waals surface area contributed by atoms with E-state index in [0.29, 0.717) is 0 Å². The SMILES string of the molecule is COc1ccc(/C=C/CN(C)Cc2ccc3c(c2)OCCC3)cc1.Cl. The van der Waals surface area contributed by atoms with Gasteiger partial charge in [-0.2, -0.15) is 0 Å². The molecule has 1 aliphatic heterocycles. The van der Waals surface area contributed by atoms with Crippen molar-refractivity contribution in [3.63, 3.8) is 0 Å². The summed E-state index contributed by atoms with van der Waals surface area (Å²) in [6.07, 6.45) is 6.60. The standard InChI is InChI=1S/C21H25NO2.ClH/c1-22(13-3-5-17-8-11-20(23-2)12-9-17)16-18-7-10-19-6-4-14-24-21(19)15-18;/h3,5,7-12,15H,4,6,13-14,16H2,1-2H3;1H/b5-3+;. The molecule has 0 radical (unpaired) electrons. The summed E-state index contributed by atoms with van der Waals surface area (Å²) in [5, 5.41) is 0. The first-order valence-electron chi connectivity index (χ1n) is 8.48. The molecule has 0 aliphatic carbocycles. The molecule has 134 valence electrons. The van der Waals surface area contributed by atoms with Crippen molar-refractivity contribution in [2.45, 2.75) is 19.4 Å². The topological polar surface area (TPSA) is 21.7 Å². The van der Waals surface area contributed by atoms with Crippen LogP contribution in [0, 0.1) is 0 Å². The van der Waals surface area contributed by atoms with Gasteiger partial charge < -0.3 is 9.47 Å². The molecule has 2 aromatic carbocycles. The van der Waals surface area contributed by atoms with Crippen LogP contribution < -0.4 is 9.47 Å². The van der Waals surface area contributed by atoms with E-state index in [2.05, 4.69) is 54.4 Å². The van der Waals surface area contributed by atoms with Crippen molar-refractivity contribution in [3.8, 4) is 11.5 Å². The Hall–Kier alpha value is -1.97. The first-order chi connectivity index (χ1) is 11.7. The number of likely N-dealkylation sites (N-methyl/N-ethyl adjacent to an activating group) is 1. The van der Waals surface area contributed by atoms with E-state index in [4.69, 9.17) is 9.47 Å². The molecule has 0 unspecified atom stereocenters. The first kappa shape index (κ1) is 19.4. The second-order valence-electron chi connectivity index (χ2n) is 6.27. The van der Waals surface area contributed by atoms with Crippen LogP contribution in [0.1, 0.15) is 23.1 Å². The van der Waals surface area contributed by atoms with Gasteiger partial charge in [-0.1, -0.05) is 36.4 Å². The van der Waals surface area contributed by atoms with Crippen LogP contribution >= 0.6 is 12.4 Å². The number of methoxy groups -OCH3 is 1. The van der Waals surface area contributed by atoms with Crippen LogP contribution in [-0.4, -0.2) is 32.2 Å². The summed E-state index contributed by atoms with van der Waals surface area (Å²) in [4.78, 5) is 2.30. The number of benzene rings is 2. The lowest BCUT2D eigenvalue weighted by molar-refractivity contribution is 0.287. The molecule has 1 heterocycles. The maximum Gasteiger partial charge on any atom is 0.122 e. The summed E-state index contributed by atoms with van der Waals surface area (Å²) in [5.41, 5.74) is 3.83. The predicted octanol–water partition coefficient (Wildman–Crippen LogP) is 4.59. The molecule has 0 aromatic heterocycles. The summed E-state index contributed by atoms with van der Waals surface area (Å²) in [6, 6.07) is 14.7. The van der Waals surface area contributed by atoms with Crippen molar-refractivity contribution in [3.05, 3.63) is 65.2 Å². The van der Waals surface area contributed by atoms with Gasteiger partial charge in [-0.3, -0.25) is 4.90 Å². The lowest BCUT2D eigenvalue weighted by Gasteiger charge is -2.20. The third-order valence-corrected chi connectivity index (χ3v) is 4.28. The van der Waals surface area contributed by atoms with E-state index >= 15 is 0 Å². The summed E-state index contributed by atoms with van der Waals surface area (Å²) >= 11 is 0. The second kappa shape index (κ2) is 9.50. The third kappa shape index (κ3) is 5.52. The van der Waals surface area contributed by atoms with Crippen LogP contribution in [0.4, 0.5) is 0 Å². The minimum Gasteiger partial charge on any atom is -0.497 e. The highest BCUT2D eigenvalue weighted by molar-refractivity contribution is 5.85. The van der Waals surface area contributed by atoms with Gasteiger partial charge in [-0.15, -0.1) is 12.4 Å². The van der Waals surface area contributed by atoms with Crippen molar-refractivity contribution in [1.82, 2.24) is 4.90 Å². The third-order valence-electron chi connectivity index (χ3n) is 4.28. The average Bonchev–Trinajstić information content (AvgIpc) is 2.62. The molecular weight excluding hydrogens is 334 g/mol. The van der Waals surface area contributed by atoms with Crippen LogP contribution in [0.15, 0.2) is 48.5 Å². The number of hydrogen-bond acceptors (Lipinski definition) is 3. The molecule has 3 rings (SSSR count). The molecule has 3 nitrogen and oxygen atoms in total. The first-order valence-corrected chi connectivity index (χ1v) is 8.48. The molecule has 0 fully saturated rings. The number of fused-ring (bicyclic) bond motifs is 1. The Kier molecular flexibility index (Phi) is 7.35. The quantitative estimate of drug-likeness (QED) is 0.753. The van der Waals surface area contributed by atoms with Gasteiger partial charge in [-0.25, -0.2) is 0 Å². The molecule has 0 spiro atoms. The lowest BCUT2D eigenvalue weighted by Crippen LogP contribution is -2.18. The fraction of sp³-hybridized carbons (Fsp3) is 0.333. The van der Waals surface area contributed by atoms with Crippen LogP contribution in [0.5, 0.6) is 11.5 Å². The Bertz CT molecular complexity index is 698. The maximum atomic E-state index is 5.76. The van der Waals surface area contributed by atoms with Gasteiger partial charge in [0.05, 0.1) is 13.7 Å². The second-order valence-corrected chi connectivity index (χ2v) is 6.27. The van der Waals surface area contributed by atoms with E-state index in [1.807, 2.05) is 12.1 Å². The predicted molar refractivity (Wildman–Crippen MR) is 106 cm³/mol. The minimum atomic E-state index is 0. The fourth-order valence-corrected chi connectivity index (χ4v) is 2.94. The summed E-state index contributed by atoms with van der Waals surface area (Å²) in [5.74, 6) is 1.96. The number of halogens is 1. The highest BCUT2D eigenvalue weighted by Gasteiger charge is 2.10. The van der Waals surface area contributed by atoms with Gasteiger partial charge in [0.2, 0.25) is 0 Å². The number of aryl methyl sites for hydroxylation is 1. The number of hydrogen-bond donors (Lipinski definition) is 0. The van der Waals surface area contributed by atoms with Crippen molar-refractivity contribution in [2.24, 2.45) is 0 Å². The summed E-state index contributed by atoms with van der Waals surface area (Å²) in [7, 11) is 3.82. The minimum absolute atomic E-state index is 0. The van der Waals surface area contributed by atoms with E-state index in [0.717, 1.165) is 44.0 Å². The largest absolute Gasteiger partial charge is 0.497 e. The molecule has 1 aliphatic rings. The van der Waals surface area contributed by atoms with Crippen LogP contribution in [0.2, 0.25) is 0 Å². The Morgan fingerprint density at radius 3 is 2.72 bits per heavy atom. The van der Waals surface area contributed by atoms with Crippen LogP contribution in [0.25, 0.3) is 6.08 Å². The Balaban J connectivity index is 0.00000225. The van der Waals surface area contributed by atoms with E-state index in [1.165, 1.54) is 16.7 Å². The highest BCUT2D eigenvalue weighted by atomic mass is 35.5. The molecule has 0 N–H and O–H groups in total. The van der Waals surface area contributed by atoms with Gasteiger partial charge >= 0.3 is 0 Å².